The summed E-state index contributed by atoms with van der Waals surface area (Å²) in [6.07, 6.45) is 0. The summed E-state index contributed by atoms with van der Waals surface area (Å²) in [5.41, 5.74) is 2.51. The molecule has 5 rings (SSSR count). The Morgan fingerprint density at radius 3 is 2.62 bits per heavy atom. The number of para-hydroxylation sites is 1. The summed E-state index contributed by atoms with van der Waals surface area (Å²) in [5.74, 6) is 0.0645. The van der Waals surface area contributed by atoms with Gasteiger partial charge in [-0.05, 0) is 35.9 Å². The van der Waals surface area contributed by atoms with E-state index in [-0.39, 0.29) is 5.91 Å². The third-order valence-corrected chi connectivity index (χ3v) is 5.91. The first kappa shape index (κ1) is 17.9. The molecule has 0 aliphatic carbocycles. The monoisotopic (exact) mass is 418 g/mol. The van der Waals surface area contributed by atoms with Gasteiger partial charge in [0.05, 0.1) is 16.8 Å². The number of rotatable bonds is 4. The molecule has 4 nitrogen and oxygen atoms in total. The Balaban J connectivity index is 1.59. The van der Waals surface area contributed by atoms with Gasteiger partial charge in [-0.25, -0.2) is 4.98 Å². The van der Waals surface area contributed by atoms with Gasteiger partial charge in [0.1, 0.15) is 5.58 Å². The number of thiazole rings is 1. The largest absolute Gasteiger partial charge is 0.451 e. The van der Waals surface area contributed by atoms with Crippen molar-refractivity contribution >= 4 is 55.2 Å². The molecule has 0 spiro atoms. The molecule has 5 aromatic rings. The second-order valence-corrected chi connectivity index (χ2v) is 8.08. The summed E-state index contributed by atoms with van der Waals surface area (Å²) >= 11 is 7.56. The van der Waals surface area contributed by atoms with Gasteiger partial charge < -0.3 is 4.42 Å². The van der Waals surface area contributed by atoms with Crippen LogP contribution >= 0.6 is 22.9 Å². The lowest BCUT2D eigenvalue weighted by Gasteiger charge is -2.18. The molecule has 2 heterocycles. The van der Waals surface area contributed by atoms with Crippen LogP contribution in [0.4, 0.5) is 5.13 Å². The molecule has 0 atom stereocenters. The van der Waals surface area contributed by atoms with Crippen molar-refractivity contribution in [3.05, 3.63) is 95.2 Å². The summed E-state index contributed by atoms with van der Waals surface area (Å²) in [6, 6.07) is 24.7. The minimum absolute atomic E-state index is 0.227. The van der Waals surface area contributed by atoms with Gasteiger partial charge in [-0.1, -0.05) is 71.5 Å². The number of carbonyl (C=O) groups is 1. The molecule has 0 unspecified atom stereocenters. The van der Waals surface area contributed by atoms with E-state index in [1.807, 2.05) is 66.7 Å². The molecule has 0 bridgehead atoms. The van der Waals surface area contributed by atoms with E-state index < -0.39 is 0 Å². The first-order valence-electron chi connectivity index (χ1n) is 9.08. The van der Waals surface area contributed by atoms with Crippen molar-refractivity contribution in [2.45, 2.75) is 6.54 Å². The number of anilines is 1. The summed E-state index contributed by atoms with van der Waals surface area (Å²) in [6.45, 7) is 0.393. The maximum atomic E-state index is 13.4. The second kappa shape index (κ2) is 7.35. The van der Waals surface area contributed by atoms with Crippen molar-refractivity contribution in [1.29, 1.82) is 0 Å². The van der Waals surface area contributed by atoms with Crippen LogP contribution in [0.3, 0.4) is 0 Å². The molecule has 0 fully saturated rings. The third-order valence-electron chi connectivity index (χ3n) is 4.64. The van der Waals surface area contributed by atoms with Crippen molar-refractivity contribution in [2.75, 3.05) is 4.90 Å². The predicted molar refractivity (Wildman–Crippen MR) is 118 cm³/mol. The lowest BCUT2D eigenvalue weighted by Crippen LogP contribution is -2.30. The number of nitrogens with zero attached hydrogens (tertiary/aromatic N) is 2. The summed E-state index contributed by atoms with van der Waals surface area (Å²) in [5, 5.41) is 2.15. The molecule has 29 heavy (non-hydrogen) atoms. The zero-order valence-corrected chi connectivity index (χ0v) is 16.8. The van der Waals surface area contributed by atoms with E-state index in [9.17, 15) is 4.79 Å². The minimum atomic E-state index is -0.227. The van der Waals surface area contributed by atoms with Gasteiger partial charge in [0, 0.05) is 10.4 Å². The molecule has 142 valence electrons. The highest BCUT2D eigenvalue weighted by atomic mass is 35.5. The zero-order chi connectivity index (χ0) is 19.8. The number of fused-ring (bicyclic) bond motifs is 2. The van der Waals surface area contributed by atoms with E-state index in [0.717, 1.165) is 21.2 Å². The lowest BCUT2D eigenvalue weighted by molar-refractivity contribution is 0.0960. The van der Waals surface area contributed by atoms with Gasteiger partial charge in [0.15, 0.2) is 10.9 Å². The van der Waals surface area contributed by atoms with Crippen molar-refractivity contribution in [2.24, 2.45) is 0 Å². The zero-order valence-electron chi connectivity index (χ0n) is 15.2. The van der Waals surface area contributed by atoms with Gasteiger partial charge in [0.2, 0.25) is 0 Å². The summed E-state index contributed by atoms with van der Waals surface area (Å²) in [4.78, 5) is 19.8. The Labute approximate surface area is 176 Å². The van der Waals surface area contributed by atoms with E-state index in [0.29, 0.717) is 28.0 Å². The maximum Gasteiger partial charge on any atom is 0.296 e. The smallest absolute Gasteiger partial charge is 0.296 e. The van der Waals surface area contributed by atoms with Crippen molar-refractivity contribution < 1.29 is 9.21 Å². The lowest BCUT2D eigenvalue weighted by atomic mass is 10.2. The van der Waals surface area contributed by atoms with Crippen LogP contribution in [0.5, 0.6) is 0 Å². The molecule has 0 aliphatic rings. The molecular weight excluding hydrogens is 404 g/mol. The van der Waals surface area contributed by atoms with Gasteiger partial charge in [-0.2, -0.15) is 0 Å². The van der Waals surface area contributed by atoms with Gasteiger partial charge in [-0.15, -0.1) is 0 Å². The third kappa shape index (κ3) is 3.50. The van der Waals surface area contributed by atoms with Crippen molar-refractivity contribution in [3.8, 4) is 0 Å². The Kier molecular flexibility index (Phi) is 4.54. The number of hydrogen-bond donors (Lipinski definition) is 0. The van der Waals surface area contributed by atoms with Crippen LogP contribution in [0.2, 0.25) is 5.02 Å². The predicted octanol–water partition coefficient (Wildman–Crippen LogP) is 6.54. The average molecular weight is 419 g/mol. The molecule has 6 heteroatoms. The van der Waals surface area contributed by atoms with Crippen LogP contribution in [0.25, 0.3) is 21.2 Å². The van der Waals surface area contributed by atoms with E-state index in [1.165, 1.54) is 11.3 Å². The summed E-state index contributed by atoms with van der Waals surface area (Å²) in [7, 11) is 0. The Hall–Kier alpha value is -3.15. The number of carbonyl (C=O) groups excluding carboxylic acids is 1. The topological polar surface area (TPSA) is 46.3 Å². The molecule has 3 aromatic carbocycles. The van der Waals surface area contributed by atoms with Crippen LogP contribution in [-0.4, -0.2) is 10.9 Å². The maximum absolute atomic E-state index is 13.4. The van der Waals surface area contributed by atoms with Crippen LogP contribution in [0.15, 0.2) is 83.3 Å². The second-order valence-electron chi connectivity index (χ2n) is 6.63. The Morgan fingerprint density at radius 1 is 1.00 bits per heavy atom. The van der Waals surface area contributed by atoms with Crippen LogP contribution in [-0.2, 0) is 6.54 Å². The van der Waals surface area contributed by atoms with Crippen LogP contribution in [0.1, 0.15) is 16.1 Å². The number of hydrogen-bond acceptors (Lipinski definition) is 4. The molecule has 0 saturated heterocycles. The molecular formula is C23H15ClN2O2S. The number of aromatic nitrogens is 1. The van der Waals surface area contributed by atoms with Gasteiger partial charge in [0.25, 0.3) is 5.91 Å². The van der Waals surface area contributed by atoms with E-state index in [1.54, 1.807) is 17.0 Å². The minimum Gasteiger partial charge on any atom is -0.451 e. The first-order chi connectivity index (χ1) is 14.2. The molecule has 0 saturated carbocycles. The van der Waals surface area contributed by atoms with Crippen LogP contribution < -0.4 is 4.90 Å². The van der Waals surface area contributed by atoms with Gasteiger partial charge >= 0.3 is 0 Å². The average Bonchev–Trinajstić information content (AvgIpc) is 3.36. The van der Waals surface area contributed by atoms with E-state index in [4.69, 9.17) is 16.0 Å². The fourth-order valence-corrected chi connectivity index (χ4v) is 4.45. The number of furan rings is 1. The van der Waals surface area contributed by atoms with Gasteiger partial charge in [-0.3, -0.25) is 9.69 Å². The highest BCUT2D eigenvalue weighted by molar-refractivity contribution is 7.22. The Morgan fingerprint density at radius 2 is 1.79 bits per heavy atom. The molecule has 1 amide bonds. The summed E-state index contributed by atoms with van der Waals surface area (Å²) < 4.78 is 6.76. The first-order valence-corrected chi connectivity index (χ1v) is 10.3. The van der Waals surface area contributed by atoms with Crippen molar-refractivity contribution in [1.82, 2.24) is 4.98 Å². The van der Waals surface area contributed by atoms with E-state index >= 15 is 0 Å². The highest BCUT2D eigenvalue weighted by Crippen LogP contribution is 2.33. The Bertz CT molecular complexity index is 1290. The van der Waals surface area contributed by atoms with Crippen LogP contribution in [0, 0.1) is 0 Å². The molecule has 2 aromatic heterocycles. The molecule has 0 aliphatic heterocycles. The fourth-order valence-electron chi connectivity index (χ4n) is 3.21. The number of amides is 1. The molecule has 0 N–H and O–H groups in total. The standard InChI is InChI=1S/C23H15ClN2O2S/c24-17-10-11-18-21(13-17)29-23(25-18)26(14-15-6-2-1-3-7-15)22(27)20-12-16-8-4-5-9-19(16)28-20/h1-13H,14H2. The number of halogens is 1. The highest BCUT2D eigenvalue weighted by Gasteiger charge is 2.24. The molecule has 0 radical (unpaired) electrons. The van der Waals surface area contributed by atoms with Crippen molar-refractivity contribution in [3.63, 3.8) is 0 Å². The SMILES string of the molecule is O=C(c1cc2ccccc2o1)N(Cc1ccccc1)c1nc2ccc(Cl)cc2s1. The quantitative estimate of drug-likeness (QED) is 0.332. The fraction of sp³-hybridized carbons (Fsp3) is 0.0435. The normalized spacial score (nSPS) is 11.2. The number of benzene rings is 3. The van der Waals surface area contributed by atoms with E-state index in [2.05, 4.69) is 4.98 Å².